The van der Waals surface area contributed by atoms with Gasteiger partial charge in [-0.1, -0.05) is 6.92 Å². The fraction of sp³-hybridized carbons (Fsp3) is 0.692. The summed E-state index contributed by atoms with van der Waals surface area (Å²) in [5, 5.41) is 2.91. The number of anilines is 2. The maximum absolute atomic E-state index is 11.8. The minimum Gasteiger partial charge on any atom is -0.356 e. The van der Waals surface area contributed by atoms with Crippen molar-refractivity contribution < 1.29 is 18.0 Å². The van der Waals surface area contributed by atoms with Gasteiger partial charge in [0.1, 0.15) is 23.8 Å². The molecule has 0 atom stereocenters. The molecule has 0 unspecified atom stereocenters. The summed E-state index contributed by atoms with van der Waals surface area (Å²) in [4.78, 5) is 30.9. The highest BCUT2D eigenvalue weighted by molar-refractivity contribution is 5.93. The lowest BCUT2D eigenvalue weighted by Crippen LogP contribution is -2.36. The van der Waals surface area contributed by atoms with Gasteiger partial charge in [0.05, 0.1) is 5.69 Å². The Morgan fingerprint density at radius 1 is 1.05 bits per heavy atom. The van der Waals surface area contributed by atoms with E-state index in [2.05, 4.69) is 42.8 Å². The first kappa shape index (κ1) is 25.9. The number of carbonyl (C=O) groups excluding carboxylic acids is 1. The standard InChI is InChI=1S/C25H35N7O.CHF3/c1-25(8-9-25)20-16-32(15-14-30-10-2-3-11-30)23(28-20)18-6-12-31(13-7-18)24-19-4-5-21(33)29-22(19)26-17-27-24;2-1(3)4/h16-18H,2-15H2,1H3,(H,26,27,29,33);1H. The topological polar surface area (TPSA) is 79.2 Å². The van der Waals surface area contributed by atoms with E-state index >= 15 is 0 Å². The van der Waals surface area contributed by atoms with Gasteiger partial charge in [0.2, 0.25) is 5.91 Å². The van der Waals surface area contributed by atoms with Gasteiger partial charge in [0, 0.05) is 55.7 Å². The van der Waals surface area contributed by atoms with Gasteiger partial charge in [-0.05, 0) is 58.0 Å². The van der Waals surface area contributed by atoms with Crippen molar-refractivity contribution >= 4 is 17.5 Å². The Hall–Kier alpha value is -2.69. The van der Waals surface area contributed by atoms with Gasteiger partial charge in [-0.3, -0.25) is 4.79 Å². The third-order valence-electron chi connectivity index (χ3n) is 8.22. The van der Waals surface area contributed by atoms with E-state index in [1.165, 1.54) is 50.3 Å². The van der Waals surface area contributed by atoms with Crippen LogP contribution in [0.5, 0.6) is 0 Å². The molecule has 2 aromatic heterocycles. The summed E-state index contributed by atoms with van der Waals surface area (Å²) in [7, 11) is 0. The summed E-state index contributed by atoms with van der Waals surface area (Å²) in [6.45, 7) is 5.31. The molecule has 202 valence electrons. The van der Waals surface area contributed by atoms with Crippen LogP contribution in [0.1, 0.15) is 74.9 Å². The molecular formula is C26H36F3N7O. The molecule has 2 saturated heterocycles. The number of piperidine rings is 1. The molecule has 3 fully saturated rings. The number of fused-ring (bicyclic) bond motifs is 1. The summed E-state index contributed by atoms with van der Waals surface area (Å²) in [6, 6.07) is 0. The molecule has 2 aromatic rings. The Bertz CT molecular complexity index is 1090. The SMILES string of the molecule is CC1(c2cn(CCN3CCCC3)c(C3CCN(c4ncnc5c4CCC(=O)N5)CC3)n2)CC1.FC(F)F. The molecule has 5 heterocycles. The Morgan fingerprint density at radius 3 is 2.43 bits per heavy atom. The zero-order valence-corrected chi connectivity index (χ0v) is 21.4. The van der Waals surface area contributed by atoms with Crippen molar-refractivity contribution in [1.29, 1.82) is 0 Å². The van der Waals surface area contributed by atoms with Crippen LogP contribution < -0.4 is 10.2 Å². The average molecular weight is 520 g/mol. The van der Waals surface area contributed by atoms with Crippen molar-refractivity contribution in [3.05, 3.63) is 29.6 Å². The highest BCUT2D eigenvalue weighted by Gasteiger charge is 2.42. The van der Waals surface area contributed by atoms with Crippen molar-refractivity contribution in [2.24, 2.45) is 0 Å². The van der Waals surface area contributed by atoms with Crippen molar-refractivity contribution in [2.45, 2.75) is 82.8 Å². The maximum Gasteiger partial charge on any atom is 0.379 e. The molecule has 4 aliphatic rings. The van der Waals surface area contributed by atoms with E-state index in [0.29, 0.717) is 23.6 Å². The van der Waals surface area contributed by atoms with Crippen LogP contribution in [0, 0.1) is 0 Å². The number of imidazole rings is 1. The molecular weight excluding hydrogens is 483 g/mol. The Labute approximate surface area is 215 Å². The lowest BCUT2D eigenvalue weighted by atomic mass is 9.95. The summed E-state index contributed by atoms with van der Waals surface area (Å²) in [5.74, 6) is 3.54. The van der Waals surface area contributed by atoms with E-state index in [-0.39, 0.29) is 5.91 Å². The fourth-order valence-corrected chi connectivity index (χ4v) is 5.72. The van der Waals surface area contributed by atoms with Crippen LogP contribution in [0.15, 0.2) is 12.5 Å². The molecule has 6 rings (SSSR count). The van der Waals surface area contributed by atoms with E-state index in [1.54, 1.807) is 6.33 Å². The zero-order chi connectivity index (χ0) is 26.0. The first-order valence-corrected chi connectivity index (χ1v) is 13.4. The number of likely N-dealkylation sites (tertiary alicyclic amines) is 1. The van der Waals surface area contributed by atoms with E-state index in [4.69, 9.17) is 4.98 Å². The number of carbonyl (C=O) groups is 1. The third-order valence-corrected chi connectivity index (χ3v) is 8.22. The molecule has 37 heavy (non-hydrogen) atoms. The summed E-state index contributed by atoms with van der Waals surface area (Å²) < 4.78 is 31.5. The smallest absolute Gasteiger partial charge is 0.356 e. The quantitative estimate of drug-likeness (QED) is 0.614. The van der Waals surface area contributed by atoms with Gasteiger partial charge < -0.3 is 19.7 Å². The van der Waals surface area contributed by atoms with E-state index in [1.807, 2.05) is 0 Å². The summed E-state index contributed by atoms with van der Waals surface area (Å²) in [6.07, 6.45) is 12.6. The number of nitrogens with one attached hydrogen (secondary N) is 1. The van der Waals surface area contributed by atoms with E-state index in [0.717, 1.165) is 56.8 Å². The van der Waals surface area contributed by atoms with Gasteiger partial charge in [-0.15, -0.1) is 0 Å². The normalized spacial score (nSPS) is 21.4. The molecule has 1 aliphatic carbocycles. The molecule has 0 bridgehead atoms. The molecule has 1 amide bonds. The van der Waals surface area contributed by atoms with Gasteiger partial charge in [-0.2, -0.15) is 13.2 Å². The number of alkyl halides is 3. The number of aromatic nitrogens is 4. The molecule has 1 saturated carbocycles. The monoisotopic (exact) mass is 519 g/mol. The van der Waals surface area contributed by atoms with Crippen LogP contribution in [0.3, 0.4) is 0 Å². The predicted molar refractivity (Wildman–Crippen MR) is 135 cm³/mol. The second kappa shape index (κ2) is 11.0. The molecule has 1 N–H and O–H groups in total. The highest BCUT2D eigenvalue weighted by Crippen LogP contribution is 2.47. The zero-order valence-electron chi connectivity index (χ0n) is 21.4. The second-order valence-corrected chi connectivity index (χ2v) is 10.9. The van der Waals surface area contributed by atoms with Gasteiger partial charge in [0.15, 0.2) is 0 Å². The lowest BCUT2D eigenvalue weighted by Gasteiger charge is -2.34. The van der Waals surface area contributed by atoms with E-state index in [9.17, 15) is 18.0 Å². The molecule has 11 heteroatoms. The number of amides is 1. The van der Waals surface area contributed by atoms with Gasteiger partial charge in [-0.25, -0.2) is 15.0 Å². The molecule has 0 spiro atoms. The van der Waals surface area contributed by atoms with Gasteiger partial charge in [0.25, 0.3) is 0 Å². The van der Waals surface area contributed by atoms with Crippen LogP contribution in [0.4, 0.5) is 24.8 Å². The Kier molecular flexibility index (Phi) is 7.69. The average Bonchev–Trinajstić information content (AvgIpc) is 3.25. The number of rotatable bonds is 6. The van der Waals surface area contributed by atoms with Crippen LogP contribution in [-0.4, -0.2) is 69.7 Å². The van der Waals surface area contributed by atoms with Crippen molar-refractivity contribution in [3.63, 3.8) is 0 Å². The maximum atomic E-state index is 11.8. The Balaban J connectivity index is 0.000000655. The largest absolute Gasteiger partial charge is 0.379 e. The Morgan fingerprint density at radius 2 is 1.76 bits per heavy atom. The summed E-state index contributed by atoms with van der Waals surface area (Å²) in [5.41, 5.74) is 2.70. The van der Waals surface area contributed by atoms with Crippen LogP contribution >= 0.6 is 0 Å². The first-order chi connectivity index (χ1) is 17.8. The molecule has 3 aliphatic heterocycles. The highest BCUT2D eigenvalue weighted by atomic mass is 19.4. The van der Waals surface area contributed by atoms with Crippen LogP contribution in [-0.2, 0) is 23.2 Å². The number of nitrogens with zero attached hydrogens (tertiary/aromatic N) is 6. The fourth-order valence-electron chi connectivity index (χ4n) is 5.72. The third kappa shape index (κ3) is 6.08. The minimum absolute atomic E-state index is 0.0480. The van der Waals surface area contributed by atoms with E-state index < -0.39 is 6.68 Å². The van der Waals surface area contributed by atoms with Crippen molar-refractivity contribution in [2.75, 3.05) is 42.9 Å². The predicted octanol–water partition coefficient (Wildman–Crippen LogP) is 4.27. The first-order valence-electron chi connectivity index (χ1n) is 13.4. The molecule has 8 nitrogen and oxygen atoms in total. The van der Waals surface area contributed by atoms with Crippen LogP contribution in [0.2, 0.25) is 0 Å². The van der Waals surface area contributed by atoms with Gasteiger partial charge >= 0.3 is 6.68 Å². The number of halogens is 3. The molecule has 0 aromatic carbocycles. The number of hydrogen-bond acceptors (Lipinski definition) is 6. The number of hydrogen-bond donors (Lipinski definition) is 1. The minimum atomic E-state index is -3.67. The molecule has 0 radical (unpaired) electrons. The lowest BCUT2D eigenvalue weighted by molar-refractivity contribution is -0.116. The summed E-state index contributed by atoms with van der Waals surface area (Å²) >= 11 is 0. The van der Waals surface area contributed by atoms with Crippen molar-refractivity contribution in [3.8, 4) is 0 Å². The second-order valence-electron chi connectivity index (χ2n) is 10.9. The van der Waals surface area contributed by atoms with Crippen molar-refractivity contribution in [1.82, 2.24) is 24.4 Å². The van der Waals surface area contributed by atoms with Crippen LogP contribution in [0.25, 0.3) is 0 Å².